The third-order valence-corrected chi connectivity index (χ3v) is 5.72. The number of likely N-dealkylation sites (tertiary alicyclic amines) is 1. The second-order valence-electron chi connectivity index (χ2n) is 7.55. The van der Waals surface area contributed by atoms with Crippen molar-refractivity contribution in [2.45, 2.75) is 25.4 Å². The number of nitrogens with zero attached hydrogens (tertiary/aromatic N) is 3. The Kier molecular flexibility index (Phi) is 6.18. The van der Waals surface area contributed by atoms with Crippen molar-refractivity contribution in [3.63, 3.8) is 0 Å². The minimum atomic E-state index is -0.224. The quantitative estimate of drug-likeness (QED) is 0.668. The van der Waals surface area contributed by atoms with Gasteiger partial charge in [0.15, 0.2) is 0 Å². The Morgan fingerprint density at radius 1 is 1.10 bits per heavy atom. The van der Waals surface area contributed by atoms with E-state index in [1.54, 1.807) is 29.0 Å². The van der Waals surface area contributed by atoms with E-state index in [0.29, 0.717) is 16.3 Å². The van der Waals surface area contributed by atoms with Gasteiger partial charge in [0, 0.05) is 42.6 Å². The van der Waals surface area contributed by atoms with Gasteiger partial charge in [-0.1, -0.05) is 48.0 Å². The van der Waals surface area contributed by atoms with E-state index >= 15 is 0 Å². The zero-order valence-corrected chi connectivity index (χ0v) is 17.3. The molecule has 2 aromatic carbocycles. The Bertz CT molecular complexity index is 1060. The summed E-state index contributed by atoms with van der Waals surface area (Å²) in [7, 11) is 0. The molecule has 0 unspecified atom stereocenters. The normalized spacial score (nSPS) is 14.9. The Morgan fingerprint density at radius 2 is 1.87 bits per heavy atom. The minimum Gasteiger partial charge on any atom is -0.348 e. The fourth-order valence-electron chi connectivity index (χ4n) is 3.93. The van der Waals surface area contributed by atoms with Crippen molar-refractivity contribution in [2.24, 2.45) is 0 Å². The number of halogens is 1. The molecule has 1 aromatic heterocycles. The number of nitriles is 1. The summed E-state index contributed by atoms with van der Waals surface area (Å²) in [6.07, 6.45) is 3.51. The first-order valence-corrected chi connectivity index (χ1v) is 10.5. The predicted molar refractivity (Wildman–Crippen MR) is 118 cm³/mol. The zero-order chi connectivity index (χ0) is 20.9. The van der Waals surface area contributed by atoms with E-state index in [0.717, 1.165) is 38.2 Å². The zero-order valence-electron chi connectivity index (χ0n) is 16.6. The molecule has 1 N–H and O–H groups in total. The van der Waals surface area contributed by atoms with E-state index in [4.69, 9.17) is 11.6 Å². The summed E-state index contributed by atoms with van der Waals surface area (Å²) in [5.74, 6) is -0.224. The molecule has 6 heteroatoms. The predicted octanol–water partition coefficient (Wildman–Crippen LogP) is 4.40. The molecule has 1 aliphatic heterocycles. The summed E-state index contributed by atoms with van der Waals surface area (Å²) in [6, 6.07) is 21.6. The van der Waals surface area contributed by atoms with E-state index < -0.39 is 0 Å². The number of nitrogens with one attached hydrogen (secondary N) is 1. The molecule has 0 radical (unpaired) electrons. The van der Waals surface area contributed by atoms with Crippen molar-refractivity contribution >= 4 is 17.5 Å². The molecule has 152 valence electrons. The first kappa shape index (κ1) is 20.2. The summed E-state index contributed by atoms with van der Waals surface area (Å²) in [5.41, 5.74) is 2.77. The number of hydrogen-bond donors (Lipinski definition) is 1. The van der Waals surface area contributed by atoms with E-state index in [1.807, 2.05) is 18.2 Å². The van der Waals surface area contributed by atoms with Crippen LogP contribution in [0.15, 0.2) is 66.9 Å². The number of hydrogen-bond acceptors (Lipinski definition) is 3. The van der Waals surface area contributed by atoms with Gasteiger partial charge in [0.25, 0.3) is 5.91 Å². The highest BCUT2D eigenvalue weighted by Crippen LogP contribution is 2.21. The van der Waals surface area contributed by atoms with Crippen LogP contribution < -0.4 is 5.32 Å². The summed E-state index contributed by atoms with van der Waals surface area (Å²) < 4.78 is 1.73. The molecular weight excluding hydrogens is 396 g/mol. The lowest BCUT2D eigenvalue weighted by Crippen LogP contribution is -2.44. The molecule has 3 aromatic rings. The monoisotopic (exact) mass is 418 g/mol. The number of piperidine rings is 1. The number of carbonyl (C=O) groups excluding carboxylic acids is 1. The molecule has 4 rings (SSSR count). The topological polar surface area (TPSA) is 61.1 Å². The van der Waals surface area contributed by atoms with Crippen LogP contribution in [0.4, 0.5) is 0 Å². The van der Waals surface area contributed by atoms with Crippen LogP contribution in [-0.2, 0) is 6.54 Å². The lowest BCUT2D eigenvalue weighted by molar-refractivity contribution is 0.0902. The SMILES string of the molecule is N#Cc1ccn(-c2cccc(Cl)c2)c1C(=O)NC1CCN(Cc2ccccc2)CC1. The Morgan fingerprint density at radius 3 is 2.57 bits per heavy atom. The number of amides is 1. The molecule has 0 spiro atoms. The van der Waals surface area contributed by atoms with Crippen molar-refractivity contribution in [3.05, 3.63) is 88.7 Å². The van der Waals surface area contributed by atoms with Crippen LogP contribution in [0.3, 0.4) is 0 Å². The van der Waals surface area contributed by atoms with E-state index in [1.165, 1.54) is 5.56 Å². The molecular formula is C24H23ClN4O. The first-order chi connectivity index (χ1) is 14.6. The highest BCUT2D eigenvalue weighted by Gasteiger charge is 2.24. The third-order valence-electron chi connectivity index (χ3n) is 5.48. The molecule has 30 heavy (non-hydrogen) atoms. The highest BCUT2D eigenvalue weighted by atomic mass is 35.5. The average Bonchev–Trinajstić information content (AvgIpc) is 3.20. The van der Waals surface area contributed by atoms with Crippen LogP contribution >= 0.6 is 11.6 Å². The van der Waals surface area contributed by atoms with Crippen molar-refractivity contribution in [1.82, 2.24) is 14.8 Å². The van der Waals surface area contributed by atoms with Crippen molar-refractivity contribution in [2.75, 3.05) is 13.1 Å². The number of aromatic nitrogens is 1. The molecule has 1 saturated heterocycles. The molecule has 5 nitrogen and oxygen atoms in total. The summed E-state index contributed by atoms with van der Waals surface area (Å²) >= 11 is 6.11. The maximum Gasteiger partial charge on any atom is 0.269 e. The van der Waals surface area contributed by atoms with Crippen LogP contribution in [-0.4, -0.2) is 34.5 Å². The van der Waals surface area contributed by atoms with Gasteiger partial charge in [-0.05, 0) is 42.7 Å². The molecule has 0 bridgehead atoms. The van der Waals surface area contributed by atoms with Gasteiger partial charge in [0.1, 0.15) is 11.8 Å². The van der Waals surface area contributed by atoms with Crippen LogP contribution in [0.5, 0.6) is 0 Å². The standard InChI is InChI=1S/C24H23ClN4O/c25-20-7-4-8-22(15-20)29-14-9-19(16-26)23(29)24(30)27-21-10-12-28(13-11-21)17-18-5-2-1-3-6-18/h1-9,14-15,21H,10-13,17H2,(H,27,30). The van der Waals surface area contributed by atoms with Gasteiger partial charge in [-0.3, -0.25) is 9.69 Å². The second-order valence-corrected chi connectivity index (χ2v) is 7.99. The smallest absolute Gasteiger partial charge is 0.269 e. The summed E-state index contributed by atoms with van der Waals surface area (Å²) in [5, 5.41) is 13.2. The van der Waals surface area contributed by atoms with Gasteiger partial charge in [-0.25, -0.2) is 0 Å². The lowest BCUT2D eigenvalue weighted by atomic mass is 10.0. The van der Waals surface area contributed by atoms with Crippen molar-refractivity contribution in [1.29, 1.82) is 5.26 Å². The highest BCUT2D eigenvalue weighted by molar-refractivity contribution is 6.30. The van der Waals surface area contributed by atoms with E-state index in [9.17, 15) is 10.1 Å². The molecule has 0 atom stereocenters. The van der Waals surface area contributed by atoms with E-state index in [2.05, 4.69) is 40.6 Å². The van der Waals surface area contributed by atoms with Crippen molar-refractivity contribution in [3.8, 4) is 11.8 Å². The number of rotatable bonds is 5. The fourth-order valence-corrected chi connectivity index (χ4v) is 4.11. The van der Waals surface area contributed by atoms with Gasteiger partial charge in [-0.15, -0.1) is 0 Å². The molecule has 1 aliphatic rings. The lowest BCUT2D eigenvalue weighted by Gasteiger charge is -2.32. The van der Waals surface area contributed by atoms with Crippen LogP contribution in [0.25, 0.3) is 5.69 Å². The largest absolute Gasteiger partial charge is 0.348 e. The van der Waals surface area contributed by atoms with Gasteiger partial charge in [-0.2, -0.15) is 5.26 Å². The first-order valence-electron chi connectivity index (χ1n) is 10.1. The third kappa shape index (κ3) is 4.56. The average molecular weight is 419 g/mol. The van der Waals surface area contributed by atoms with Crippen LogP contribution in [0, 0.1) is 11.3 Å². The minimum absolute atomic E-state index is 0.0961. The van der Waals surface area contributed by atoms with Gasteiger partial charge >= 0.3 is 0 Å². The van der Waals surface area contributed by atoms with Gasteiger partial charge in [0.2, 0.25) is 0 Å². The maximum atomic E-state index is 13.1. The fraction of sp³-hybridized carbons (Fsp3) is 0.250. The Labute approximate surface area is 181 Å². The molecule has 1 amide bonds. The van der Waals surface area contributed by atoms with Crippen molar-refractivity contribution < 1.29 is 4.79 Å². The van der Waals surface area contributed by atoms with Gasteiger partial charge < -0.3 is 9.88 Å². The number of benzene rings is 2. The molecule has 0 saturated carbocycles. The summed E-state index contributed by atoms with van der Waals surface area (Å²) in [6.45, 7) is 2.79. The Balaban J connectivity index is 1.42. The molecule has 0 aliphatic carbocycles. The maximum absolute atomic E-state index is 13.1. The second kappa shape index (κ2) is 9.17. The molecule has 2 heterocycles. The Hall–Kier alpha value is -3.07. The van der Waals surface area contributed by atoms with Crippen LogP contribution in [0.1, 0.15) is 34.5 Å². The number of carbonyl (C=O) groups is 1. The van der Waals surface area contributed by atoms with Gasteiger partial charge in [0.05, 0.1) is 5.56 Å². The summed E-state index contributed by atoms with van der Waals surface area (Å²) in [4.78, 5) is 15.5. The van der Waals surface area contributed by atoms with E-state index in [-0.39, 0.29) is 11.9 Å². The molecule has 1 fully saturated rings. The van der Waals surface area contributed by atoms with Crippen LogP contribution in [0.2, 0.25) is 5.02 Å².